The molecule has 1 atom stereocenters. The minimum absolute atomic E-state index is 0.308. The van der Waals surface area contributed by atoms with E-state index in [4.69, 9.17) is 16.2 Å². The Morgan fingerprint density at radius 2 is 2.25 bits per heavy atom. The molecule has 0 aromatic rings. The lowest BCUT2D eigenvalue weighted by Crippen LogP contribution is -2.26. The van der Waals surface area contributed by atoms with Crippen LogP contribution in [0.25, 0.3) is 0 Å². The Hall–Kier alpha value is -1.06. The second-order valence-corrected chi connectivity index (χ2v) is 1.52. The molecule has 0 aliphatic carbocycles. The molecular formula is C4H8N2O2. The highest BCUT2D eigenvalue weighted by Gasteiger charge is 2.12. The molecule has 46 valence electrons. The molecule has 0 rings (SSSR count). The third kappa shape index (κ3) is 1.59. The summed E-state index contributed by atoms with van der Waals surface area (Å²) in [6, 6.07) is 0. The van der Waals surface area contributed by atoms with E-state index < -0.39 is 11.9 Å². The van der Waals surface area contributed by atoms with Gasteiger partial charge in [-0.25, -0.2) is 0 Å². The van der Waals surface area contributed by atoms with Crippen LogP contribution < -0.4 is 5.73 Å². The monoisotopic (exact) mass is 116 g/mol. The van der Waals surface area contributed by atoms with Gasteiger partial charge in [0.2, 0.25) is 0 Å². The van der Waals surface area contributed by atoms with E-state index in [-0.39, 0.29) is 5.84 Å². The van der Waals surface area contributed by atoms with E-state index in [2.05, 4.69) is 0 Å². The van der Waals surface area contributed by atoms with Crippen LogP contribution in [0.3, 0.4) is 0 Å². The van der Waals surface area contributed by atoms with E-state index in [0.29, 0.717) is 0 Å². The van der Waals surface area contributed by atoms with E-state index in [9.17, 15) is 4.79 Å². The van der Waals surface area contributed by atoms with E-state index in [1.807, 2.05) is 0 Å². The molecule has 0 bridgehead atoms. The summed E-state index contributed by atoms with van der Waals surface area (Å²) < 4.78 is 0. The van der Waals surface area contributed by atoms with Gasteiger partial charge in [0.15, 0.2) is 0 Å². The largest absolute Gasteiger partial charge is 0.481 e. The van der Waals surface area contributed by atoms with Crippen LogP contribution in [0.4, 0.5) is 0 Å². The predicted molar refractivity (Wildman–Crippen MR) is 28.7 cm³/mol. The molecule has 4 N–H and O–H groups in total. The zero-order valence-corrected chi connectivity index (χ0v) is 4.51. The normalized spacial score (nSPS) is 12.6. The van der Waals surface area contributed by atoms with Crippen LogP contribution in [0.5, 0.6) is 0 Å². The number of nitrogens with one attached hydrogen (secondary N) is 1. The van der Waals surface area contributed by atoms with Crippen molar-refractivity contribution in [2.45, 2.75) is 6.92 Å². The molecule has 0 saturated carbocycles. The quantitative estimate of drug-likeness (QED) is 0.340. The first kappa shape index (κ1) is 6.94. The second kappa shape index (κ2) is 2.30. The Morgan fingerprint density at radius 1 is 1.88 bits per heavy atom. The first-order valence-corrected chi connectivity index (χ1v) is 2.12. The van der Waals surface area contributed by atoms with Gasteiger partial charge in [0.1, 0.15) is 11.8 Å². The SMILES string of the molecule is CC(C(=N)N)C(=O)O. The first-order chi connectivity index (χ1) is 3.55. The van der Waals surface area contributed by atoms with Crippen LogP contribution >= 0.6 is 0 Å². The van der Waals surface area contributed by atoms with Gasteiger partial charge in [0, 0.05) is 0 Å². The Morgan fingerprint density at radius 3 is 2.25 bits per heavy atom. The fourth-order valence-corrected chi connectivity index (χ4v) is 0.133. The summed E-state index contributed by atoms with van der Waals surface area (Å²) in [4.78, 5) is 9.92. The summed E-state index contributed by atoms with van der Waals surface area (Å²) in [6.07, 6.45) is 0. The molecule has 1 unspecified atom stereocenters. The molecule has 0 amide bonds. The van der Waals surface area contributed by atoms with E-state index in [1.54, 1.807) is 0 Å². The topological polar surface area (TPSA) is 87.2 Å². The molecule has 0 aromatic heterocycles. The fourth-order valence-electron chi connectivity index (χ4n) is 0.133. The van der Waals surface area contributed by atoms with Crippen LogP contribution in [0.2, 0.25) is 0 Å². The summed E-state index contributed by atoms with van der Waals surface area (Å²) in [6.45, 7) is 1.37. The summed E-state index contributed by atoms with van der Waals surface area (Å²) in [5.74, 6) is -2.22. The molecular weight excluding hydrogens is 108 g/mol. The highest BCUT2D eigenvalue weighted by molar-refractivity contribution is 5.97. The summed E-state index contributed by atoms with van der Waals surface area (Å²) in [7, 11) is 0. The number of nitrogens with two attached hydrogens (primary N) is 1. The number of amidine groups is 1. The van der Waals surface area contributed by atoms with Gasteiger partial charge in [-0.15, -0.1) is 0 Å². The number of carboxylic acids is 1. The van der Waals surface area contributed by atoms with E-state index in [1.165, 1.54) is 6.92 Å². The van der Waals surface area contributed by atoms with Crippen molar-refractivity contribution in [2.75, 3.05) is 0 Å². The molecule has 0 aliphatic rings. The number of hydrogen-bond donors (Lipinski definition) is 3. The Bertz CT molecular complexity index is 107. The molecule has 0 aliphatic heterocycles. The minimum Gasteiger partial charge on any atom is -0.481 e. The molecule has 0 spiro atoms. The lowest BCUT2D eigenvalue weighted by molar-refractivity contribution is -0.138. The number of rotatable bonds is 2. The van der Waals surface area contributed by atoms with Gasteiger partial charge >= 0.3 is 5.97 Å². The summed E-state index contributed by atoms with van der Waals surface area (Å²) >= 11 is 0. The van der Waals surface area contributed by atoms with E-state index in [0.717, 1.165) is 0 Å². The lowest BCUT2D eigenvalue weighted by Gasteiger charge is -1.99. The molecule has 0 saturated heterocycles. The highest BCUT2D eigenvalue weighted by atomic mass is 16.4. The van der Waals surface area contributed by atoms with Crippen molar-refractivity contribution in [1.82, 2.24) is 0 Å². The van der Waals surface area contributed by atoms with Crippen LogP contribution in [0, 0.1) is 11.3 Å². The predicted octanol–water partition coefficient (Wildman–Crippen LogP) is -0.357. The average Bonchev–Trinajstić information content (AvgIpc) is 1.64. The molecule has 4 heteroatoms. The van der Waals surface area contributed by atoms with Crippen LogP contribution in [0.1, 0.15) is 6.92 Å². The fraction of sp³-hybridized carbons (Fsp3) is 0.500. The van der Waals surface area contributed by atoms with Gasteiger partial charge in [0.05, 0.1) is 0 Å². The first-order valence-electron chi connectivity index (χ1n) is 2.12. The molecule has 0 radical (unpaired) electrons. The molecule has 4 nitrogen and oxygen atoms in total. The number of hydrogen-bond acceptors (Lipinski definition) is 2. The molecule has 0 heterocycles. The maximum Gasteiger partial charge on any atom is 0.313 e. The van der Waals surface area contributed by atoms with Crippen LogP contribution in [-0.2, 0) is 4.79 Å². The van der Waals surface area contributed by atoms with Crippen molar-refractivity contribution in [3.63, 3.8) is 0 Å². The Kier molecular flexibility index (Phi) is 1.99. The van der Waals surface area contributed by atoms with Gasteiger partial charge < -0.3 is 10.8 Å². The van der Waals surface area contributed by atoms with Crippen LogP contribution in [0.15, 0.2) is 0 Å². The van der Waals surface area contributed by atoms with Gasteiger partial charge in [-0.1, -0.05) is 0 Å². The smallest absolute Gasteiger partial charge is 0.313 e. The molecule has 8 heavy (non-hydrogen) atoms. The van der Waals surface area contributed by atoms with Crippen molar-refractivity contribution in [2.24, 2.45) is 11.7 Å². The van der Waals surface area contributed by atoms with Gasteiger partial charge in [-0.2, -0.15) is 0 Å². The Balaban J connectivity index is 3.83. The average molecular weight is 116 g/mol. The third-order valence-electron chi connectivity index (χ3n) is 0.837. The van der Waals surface area contributed by atoms with Gasteiger partial charge in [0.25, 0.3) is 0 Å². The molecule has 0 fully saturated rings. The third-order valence-corrected chi connectivity index (χ3v) is 0.837. The van der Waals surface area contributed by atoms with Crippen molar-refractivity contribution >= 4 is 11.8 Å². The lowest BCUT2D eigenvalue weighted by atomic mass is 10.2. The standard InChI is InChI=1S/C4H8N2O2/c1-2(3(5)6)4(7)8/h2H,1H3,(H3,5,6)(H,7,8). The van der Waals surface area contributed by atoms with Crippen molar-refractivity contribution in [3.05, 3.63) is 0 Å². The van der Waals surface area contributed by atoms with Crippen molar-refractivity contribution in [3.8, 4) is 0 Å². The van der Waals surface area contributed by atoms with Crippen LogP contribution in [-0.4, -0.2) is 16.9 Å². The number of carboxylic acid groups (broad SMARTS) is 1. The summed E-state index contributed by atoms with van der Waals surface area (Å²) in [5.41, 5.74) is 4.84. The maximum absolute atomic E-state index is 9.92. The van der Waals surface area contributed by atoms with Gasteiger partial charge in [-0.05, 0) is 6.92 Å². The zero-order chi connectivity index (χ0) is 6.73. The second-order valence-electron chi connectivity index (χ2n) is 1.52. The highest BCUT2D eigenvalue weighted by Crippen LogP contribution is 1.90. The van der Waals surface area contributed by atoms with Crippen molar-refractivity contribution in [1.29, 1.82) is 5.41 Å². The number of aliphatic carboxylic acids is 1. The summed E-state index contributed by atoms with van der Waals surface area (Å²) in [5, 5.41) is 14.8. The maximum atomic E-state index is 9.92. The minimum atomic E-state index is -1.06. The molecule has 0 aromatic carbocycles. The van der Waals surface area contributed by atoms with Crippen molar-refractivity contribution < 1.29 is 9.90 Å². The van der Waals surface area contributed by atoms with E-state index >= 15 is 0 Å². The number of carbonyl (C=O) groups is 1. The Labute approximate surface area is 46.8 Å². The zero-order valence-electron chi connectivity index (χ0n) is 4.51. The van der Waals surface area contributed by atoms with Gasteiger partial charge in [-0.3, -0.25) is 10.2 Å².